The van der Waals surface area contributed by atoms with Crippen molar-refractivity contribution < 1.29 is 9.84 Å². The first-order chi connectivity index (χ1) is 8.74. The van der Waals surface area contributed by atoms with Crippen molar-refractivity contribution in [3.8, 4) is 11.5 Å². The van der Waals surface area contributed by atoms with Crippen LogP contribution in [0.1, 0.15) is 11.1 Å². The van der Waals surface area contributed by atoms with Crippen molar-refractivity contribution in [3.63, 3.8) is 0 Å². The summed E-state index contributed by atoms with van der Waals surface area (Å²) in [5, 5.41) is 9.26. The highest BCUT2D eigenvalue weighted by Crippen LogP contribution is 2.30. The molecule has 0 spiro atoms. The van der Waals surface area contributed by atoms with Gasteiger partial charge < -0.3 is 15.6 Å². The lowest BCUT2D eigenvalue weighted by Gasteiger charge is -2.13. The number of nitrogens with two attached hydrogens (primary N) is 1. The monoisotopic (exact) mass is 307 g/mol. The Morgan fingerprint density at radius 1 is 1.06 bits per heavy atom. The second kappa shape index (κ2) is 6.00. The minimum atomic E-state index is -0.0534. The van der Waals surface area contributed by atoms with Gasteiger partial charge in [0.25, 0.3) is 0 Å². The molecule has 3 nitrogen and oxygen atoms in total. The first-order valence-corrected chi connectivity index (χ1v) is 6.39. The van der Waals surface area contributed by atoms with Crippen LogP contribution in [0.25, 0.3) is 0 Å². The Morgan fingerprint density at radius 2 is 1.83 bits per heavy atom. The van der Waals surface area contributed by atoms with Gasteiger partial charge in [0.1, 0.15) is 11.5 Å². The van der Waals surface area contributed by atoms with Crippen molar-refractivity contribution in [1.29, 1.82) is 0 Å². The fourth-order valence-electron chi connectivity index (χ4n) is 1.64. The van der Waals surface area contributed by atoms with E-state index in [0.717, 1.165) is 15.6 Å². The van der Waals surface area contributed by atoms with Crippen molar-refractivity contribution >= 4 is 15.9 Å². The fourth-order valence-corrected chi connectivity index (χ4v) is 1.98. The zero-order chi connectivity index (χ0) is 13.0. The van der Waals surface area contributed by atoms with Crippen molar-refractivity contribution in [2.24, 2.45) is 5.73 Å². The van der Waals surface area contributed by atoms with Crippen molar-refractivity contribution in [2.45, 2.75) is 13.2 Å². The van der Waals surface area contributed by atoms with Crippen LogP contribution in [0.5, 0.6) is 11.5 Å². The van der Waals surface area contributed by atoms with E-state index in [0.29, 0.717) is 18.0 Å². The first kappa shape index (κ1) is 13.1. The summed E-state index contributed by atoms with van der Waals surface area (Å²) < 4.78 is 6.76. The van der Waals surface area contributed by atoms with Crippen LogP contribution in [0.3, 0.4) is 0 Å². The normalized spacial score (nSPS) is 10.4. The van der Waals surface area contributed by atoms with Gasteiger partial charge in [0.2, 0.25) is 0 Å². The van der Waals surface area contributed by atoms with Crippen LogP contribution in [0.4, 0.5) is 0 Å². The molecule has 0 atom stereocenters. The van der Waals surface area contributed by atoms with E-state index in [1.165, 1.54) is 0 Å². The van der Waals surface area contributed by atoms with Crippen LogP contribution in [0, 0.1) is 0 Å². The summed E-state index contributed by atoms with van der Waals surface area (Å²) in [6.07, 6.45) is 0. The maximum absolute atomic E-state index is 9.26. The zero-order valence-electron chi connectivity index (χ0n) is 9.77. The third kappa shape index (κ3) is 2.90. The van der Waals surface area contributed by atoms with E-state index in [4.69, 9.17) is 10.5 Å². The summed E-state index contributed by atoms with van der Waals surface area (Å²) in [7, 11) is 0. The molecule has 18 heavy (non-hydrogen) atoms. The Hall–Kier alpha value is -1.36. The van der Waals surface area contributed by atoms with Gasteiger partial charge in [0.05, 0.1) is 6.61 Å². The molecule has 2 rings (SSSR count). The van der Waals surface area contributed by atoms with Crippen molar-refractivity contribution in [3.05, 3.63) is 58.1 Å². The molecule has 0 saturated heterocycles. The molecule has 0 unspecified atom stereocenters. The minimum Gasteiger partial charge on any atom is -0.457 e. The van der Waals surface area contributed by atoms with E-state index in [1.807, 2.05) is 42.5 Å². The molecule has 0 amide bonds. The lowest BCUT2D eigenvalue weighted by atomic mass is 10.2. The number of para-hydroxylation sites is 1. The third-order valence-electron chi connectivity index (χ3n) is 2.61. The zero-order valence-corrected chi connectivity index (χ0v) is 11.4. The van der Waals surface area contributed by atoms with E-state index in [9.17, 15) is 5.11 Å². The molecule has 0 saturated carbocycles. The van der Waals surface area contributed by atoms with Gasteiger partial charge in [-0.2, -0.15) is 0 Å². The van der Waals surface area contributed by atoms with Crippen LogP contribution >= 0.6 is 15.9 Å². The Morgan fingerprint density at radius 3 is 2.56 bits per heavy atom. The highest BCUT2D eigenvalue weighted by atomic mass is 79.9. The Kier molecular flexibility index (Phi) is 4.36. The second-order valence-electron chi connectivity index (χ2n) is 3.82. The SMILES string of the molecule is NCc1ccc(Br)cc1Oc1ccccc1CO. The molecule has 0 aromatic heterocycles. The molecule has 94 valence electrons. The van der Waals surface area contributed by atoms with Crippen molar-refractivity contribution in [1.82, 2.24) is 0 Å². The summed E-state index contributed by atoms with van der Waals surface area (Å²) in [4.78, 5) is 0. The second-order valence-corrected chi connectivity index (χ2v) is 4.74. The number of hydrogen-bond donors (Lipinski definition) is 2. The van der Waals surface area contributed by atoms with Gasteiger partial charge in [0.15, 0.2) is 0 Å². The van der Waals surface area contributed by atoms with E-state index in [2.05, 4.69) is 15.9 Å². The number of ether oxygens (including phenoxy) is 1. The molecule has 0 fully saturated rings. The highest BCUT2D eigenvalue weighted by molar-refractivity contribution is 9.10. The van der Waals surface area contributed by atoms with Gasteiger partial charge in [-0.15, -0.1) is 0 Å². The van der Waals surface area contributed by atoms with Gasteiger partial charge in [-0.05, 0) is 18.2 Å². The van der Waals surface area contributed by atoms with Crippen LogP contribution in [0.2, 0.25) is 0 Å². The topological polar surface area (TPSA) is 55.5 Å². The molecule has 2 aromatic carbocycles. The molecule has 0 aliphatic heterocycles. The lowest BCUT2D eigenvalue weighted by molar-refractivity contribution is 0.276. The number of benzene rings is 2. The van der Waals surface area contributed by atoms with E-state index < -0.39 is 0 Å². The van der Waals surface area contributed by atoms with Gasteiger partial charge >= 0.3 is 0 Å². The van der Waals surface area contributed by atoms with Gasteiger partial charge in [-0.25, -0.2) is 0 Å². The standard InChI is InChI=1S/C14H14BrNO2/c15-12-6-5-10(8-16)14(7-12)18-13-4-2-1-3-11(13)9-17/h1-7,17H,8-9,16H2. The number of aliphatic hydroxyl groups is 1. The molecule has 4 heteroatoms. The smallest absolute Gasteiger partial charge is 0.133 e. The summed E-state index contributed by atoms with van der Waals surface area (Å²) >= 11 is 3.40. The van der Waals surface area contributed by atoms with Crippen LogP contribution in [0.15, 0.2) is 46.9 Å². The number of aliphatic hydroxyl groups excluding tert-OH is 1. The third-order valence-corrected chi connectivity index (χ3v) is 3.11. The average Bonchev–Trinajstić information content (AvgIpc) is 2.40. The summed E-state index contributed by atoms with van der Waals surface area (Å²) in [5.41, 5.74) is 7.35. The molecule has 3 N–H and O–H groups in total. The molecule has 0 radical (unpaired) electrons. The molecule has 0 heterocycles. The predicted octanol–water partition coefficient (Wildman–Crippen LogP) is 3.19. The minimum absolute atomic E-state index is 0.0534. The maximum atomic E-state index is 9.26. The Balaban J connectivity index is 2.36. The average molecular weight is 308 g/mol. The van der Waals surface area contributed by atoms with E-state index >= 15 is 0 Å². The number of halogens is 1. The number of rotatable bonds is 4. The Bertz CT molecular complexity index is 543. The number of hydrogen-bond acceptors (Lipinski definition) is 3. The summed E-state index contributed by atoms with van der Waals surface area (Å²) in [6, 6.07) is 13.1. The fraction of sp³-hybridized carbons (Fsp3) is 0.143. The largest absolute Gasteiger partial charge is 0.457 e. The molecular weight excluding hydrogens is 294 g/mol. The van der Waals surface area contributed by atoms with Crippen LogP contribution in [-0.2, 0) is 13.2 Å². The lowest BCUT2D eigenvalue weighted by Crippen LogP contribution is -2.00. The van der Waals surface area contributed by atoms with Crippen LogP contribution in [-0.4, -0.2) is 5.11 Å². The van der Waals surface area contributed by atoms with Gasteiger partial charge in [-0.1, -0.05) is 40.2 Å². The van der Waals surface area contributed by atoms with Crippen LogP contribution < -0.4 is 10.5 Å². The van der Waals surface area contributed by atoms with E-state index in [-0.39, 0.29) is 6.61 Å². The van der Waals surface area contributed by atoms with Crippen molar-refractivity contribution in [2.75, 3.05) is 0 Å². The van der Waals surface area contributed by atoms with Gasteiger partial charge in [-0.3, -0.25) is 0 Å². The molecule has 0 aliphatic rings. The maximum Gasteiger partial charge on any atom is 0.133 e. The first-order valence-electron chi connectivity index (χ1n) is 5.59. The molecule has 0 aliphatic carbocycles. The highest BCUT2D eigenvalue weighted by Gasteiger charge is 2.07. The van der Waals surface area contributed by atoms with Gasteiger partial charge in [0, 0.05) is 22.1 Å². The summed E-state index contributed by atoms with van der Waals surface area (Å²) in [5.74, 6) is 1.35. The summed E-state index contributed by atoms with van der Waals surface area (Å²) in [6.45, 7) is 0.353. The quantitative estimate of drug-likeness (QED) is 0.912. The molecule has 0 bridgehead atoms. The molecule has 2 aromatic rings. The van der Waals surface area contributed by atoms with E-state index in [1.54, 1.807) is 0 Å². The Labute approximate surface area is 114 Å². The predicted molar refractivity (Wildman–Crippen MR) is 74.5 cm³/mol. The molecular formula is C14H14BrNO2.